The molecule has 1 fully saturated rings. The van der Waals surface area contributed by atoms with Gasteiger partial charge in [0.05, 0.1) is 6.10 Å². The molecule has 2 unspecified atom stereocenters. The van der Waals surface area contributed by atoms with Gasteiger partial charge < -0.3 is 15.3 Å². The number of benzene rings is 1. The summed E-state index contributed by atoms with van der Waals surface area (Å²) in [5.74, 6) is 0.221. The highest BCUT2D eigenvalue weighted by atomic mass is 16.3. The van der Waals surface area contributed by atoms with Gasteiger partial charge in [0.25, 0.3) is 0 Å². The molecule has 1 aliphatic rings. The fourth-order valence-electron chi connectivity index (χ4n) is 3.45. The predicted octanol–water partition coefficient (Wildman–Crippen LogP) is 2.91. The van der Waals surface area contributed by atoms with E-state index in [2.05, 4.69) is 38.2 Å². The summed E-state index contributed by atoms with van der Waals surface area (Å²) in [5.41, 5.74) is 4.86. The third kappa shape index (κ3) is 4.01. The number of aliphatic hydroxyl groups excluding tert-OH is 1. The average Bonchev–Trinajstić information content (AvgIpc) is 2.82. The smallest absolute Gasteiger partial charge is 0.317 e. The maximum absolute atomic E-state index is 12.2. The van der Waals surface area contributed by atoms with E-state index in [1.807, 2.05) is 0 Å². The molecule has 4 heteroatoms. The number of aliphatic hydroxyl groups is 1. The number of nitrogens with zero attached hydrogens (tertiary/aromatic N) is 1. The van der Waals surface area contributed by atoms with E-state index in [4.69, 9.17) is 0 Å². The van der Waals surface area contributed by atoms with Crippen LogP contribution >= 0.6 is 0 Å². The Hall–Kier alpha value is -1.55. The Kier molecular flexibility index (Phi) is 5.46. The lowest BCUT2D eigenvalue weighted by molar-refractivity contribution is 0.114. The molecule has 0 spiro atoms. The van der Waals surface area contributed by atoms with Crippen LogP contribution in [-0.4, -0.2) is 35.7 Å². The predicted molar refractivity (Wildman–Crippen MR) is 88.9 cm³/mol. The molecule has 0 radical (unpaired) electrons. The normalized spacial score (nSPS) is 21.0. The summed E-state index contributed by atoms with van der Waals surface area (Å²) < 4.78 is 0. The first-order valence-electron chi connectivity index (χ1n) is 8.12. The van der Waals surface area contributed by atoms with Crippen molar-refractivity contribution in [3.05, 3.63) is 34.4 Å². The molecule has 2 rings (SSSR count). The van der Waals surface area contributed by atoms with Crippen molar-refractivity contribution in [3.8, 4) is 0 Å². The van der Waals surface area contributed by atoms with Crippen molar-refractivity contribution >= 4 is 6.03 Å². The van der Waals surface area contributed by atoms with Crippen molar-refractivity contribution in [1.82, 2.24) is 10.2 Å². The lowest BCUT2D eigenvalue weighted by atomic mass is 10.00. The van der Waals surface area contributed by atoms with Crippen LogP contribution in [0.4, 0.5) is 4.79 Å². The molecule has 1 aromatic rings. The number of carbonyl (C=O) groups excluding carboxylic acids is 1. The van der Waals surface area contributed by atoms with Crippen molar-refractivity contribution in [3.63, 3.8) is 0 Å². The minimum Gasteiger partial charge on any atom is -0.393 e. The standard InChI is InChI=1S/C18H28N2O2/c1-12-8-13(2)16(14(3)9-12)10-19-18(22)20(4)11-15-6-5-7-17(15)21/h8-9,15,17,21H,5-7,10-11H2,1-4H3,(H,19,22). The molecule has 22 heavy (non-hydrogen) atoms. The molecule has 0 aliphatic heterocycles. The minimum absolute atomic E-state index is 0.0709. The van der Waals surface area contributed by atoms with E-state index in [1.165, 1.54) is 22.3 Å². The van der Waals surface area contributed by atoms with Gasteiger partial charge in [0.1, 0.15) is 0 Å². The van der Waals surface area contributed by atoms with Crippen molar-refractivity contribution in [1.29, 1.82) is 0 Å². The number of nitrogens with one attached hydrogen (secondary N) is 1. The van der Waals surface area contributed by atoms with Gasteiger partial charge in [-0.15, -0.1) is 0 Å². The second kappa shape index (κ2) is 7.14. The van der Waals surface area contributed by atoms with Crippen LogP contribution < -0.4 is 5.32 Å². The molecule has 2 amide bonds. The van der Waals surface area contributed by atoms with E-state index in [0.717, 1.165) is 19.3 Å². The lowest BCUT2D eigenvalue weighted by Gasteiger charge is -2.24. The molecule has 122 valence electrons. The van der Waals surface area contributed by atoms with E-state index in [0.29, 0.717) is 13.1 Å². The third-order valence-electron chi connectivity index (χ3n) is 4.73. The zero-order chi connectivity index (χ0) is 16.3. The zero-order valence-corrected chi connectivity index (χ0v) is 14.1. The van der Waals surface area contributed by atoms with E-state index < -0.39 is 0 Å². The summed E-state index contributed by atoms with van der Waals surface area (Å²) in [7, 11) is 1.80. The van der Waals surface area contributed by atoms with Gasteiger partial charge in [-0.3, -0.25) is 0 Å². The van der Waals surface area contributed by atoms with Crippen LogP contribution in [0.5, 0.6) is 0 Å². The fraction of sp³-hybridized carbons (Fsp3) is 0.611. The first kappa shape index (κ1) is 16.8. The van der Waals surface area contributed by atoms with Gasteiger partial charge in [-0.2, -0.15) is 0 Å². The average molecular weight is 304 g/mol. The van der Waals surface area contributed by atoms with Crippen LogP contribution in [0.3, 0.4) is 0 Å². The van der Waals surface area contributed by atoms with Crippen molar-refractivity contribution in [2.24, 2.45) is 5.92 Å². The topological polar surface area (TPSA) is 52.6 Å². The second-order valence-electron chi connectivity index (χ2n) is 6.67. The highest BCUT2D eigenvalue weighted by Crippen LogP contribution is 2.26. The number of hydrogen-bond acceptors (Lipinski definition) is 2. The number of aryl methyl sites for hydroxylation is 3. The Balaban J connectivity index is 1.89. The van der Waals surface area contributed by atoms with Crippen molar-refractivity contribution < 1.29 is 9.90 Å². The molecule has 1 aromatic carbocycles. The summed E-state index contributed by atoms with van der Waals surface area (Å²) in [6.07, 6.45) is 2.68. The van der Waals surface area contributed by atoms with E-state index in [1.54, 1.807) is 11.9 Å². The highest BCUT2D eigenvalue weighted by molar-refractivity contribution is 5.74. The summed E-state index contributed by atoms with van der Waals surface area (Å²) in [6.45, 7) is 7.43. The van der Waals surface area contributed by atoms with Gasteiger partial charge in [0.2, 0.25) is 0 Å². The van der Waals surface area contributed by atoms with E-state index >= 15 is 0 Å². The van der Waals surface area contributed by atoms with Gasteiger partial charge in [-0.25, -0.2) is 4.79 Å². The van der Waals surface area contributed by atoms with Crippen molar-refractivity contribution in [2.45, 2.75) is 52.7 Å². The molecule has 1 saturated carbocycles. The fourth-order valence-corrected chi connectivity index (χ4v) is 3.45. The van der Waals surface area contributed by atoms with Gasteiger partial charge in [0.15, 0.2) is 0 Å². The largest absolute Gasteiger partial charge is 0.393 e. The third-order valence-corrected chi connectivity index (χ3v) is 4.73. The summed E-state index contributed by atoms with van der Waals surface area (Å²) in [4.78, 5) is 13.9. The molecule has 2 N–H and O–H groups in total. The number of rotatable bonds is 4. The van der Waals surface area contributed by atoms with Crippen LogP contribution in [0.25, 0.3) is 0 Å². The Morgan fingerprint density at radius 2 is 1.91 bits per heavy atom. The monoisotopic (exact) mass is 304 g/mol. The molecule has 4 nitrogen and oxygen atoms in total. The number of hydrogen-bond donors (Lipinski definition) is 2. The van der Waals surface area contributed by atoms with Crippen LogP contribution in [0, 0.1) is 26.7 Å². The van der Waals surface area contributed by atoms with Crippen LogP contribution in [0.1, 0.15) is 41.5 Å². The first-order valence-corrected chi connectivity index (χ1v) is 8.12. The van der Waals surface area contributed by atoms with Gasteiger partial charge in [0, 0.05) is 26.1 Å². The summed E-state index contributed by atoms with van der Waals surface area (Å²) in [5, 5.41) is 12.9. The van der Waals surface area contributed by atoms with Gasteiger partial charge in [-0.1, -0.05) is 24.1 Å². The molecular weight excluding hydrogens is 276 g/mol. The van der Waals surface area contributed by atoms with E-state index in [-0.39, 0.29) is 18.1 Å². The molecule has 0 saturated heterocycles. The lowest BCUT2D eigenvalue weighted by Crippen LogP contribution is -2.41. The number of carbonyl (C=O) groups is 1. The second-order valence-corrected chi connectivity index (χ2v) is 6.67. The van der Waals surface area contributed by atoms with Crippen LogP contribution in [-0.2, 0) is 6.54 Å². The van der Waals surface area contributed by atoms with Crippen LogP contribution in [0.15, 0.2) is 12.1 Å². The molecule has 0 bridgehead atoms. The maximum Gasteiger partial charge on any atom is 0.317 e. The zero-order valence-electron chi connectivity index (χ0n) is 14.1. The maximum atomic E-state index is 12.2. The van der Waals surface area contributed by atoms with Crippen molar-refractivity contribution in [2.75, 3.05) is 13.6 Å². The first-order chi connectivity index (χ1) is 10.4. The summed E-state index contributed by atoms with van der Waals surface area (Å²) in [6, 6.07) is 4.22. The molecule has 0 heterocycles. The SMILES string of the molecule is Cc1cc(C)c(CNC(=O)N(C)CC2CCCC2O)c(C)c1. The van der Waals surface area contributed by atoms with Gasteiger partial charge in [-0.05, 0) is 50.3 Å². The summed E-state index contributed by atoms with van der Waals surface area (Å²) >= 11 is 0. The van der Waals surface area contributed by atoms with Crippen LogP contribution in [0.2, 0.25) is 0 Å². The molecule has 2 atom stereocenters. The quantitative estimate of drug-likeness (QED) is 0.898. The molecule has 0 aromatic heterocycles. The Bertz CT molecular complexity index is 519. The Morgan fingerprint density at radius 1 is 1.27 bits per heavy atom. The minimum atomic E-state index is -0.253. The van der Waals surface area contributed by atoms with Gasteiger partial charge >= 0.3 is 6.03 Å². The highest BCUT2D eigenvalue weighted by Gasteiger charge is 2.27. The Morgan fingerprint density at radius 3 is 2.45 bits per heavy atom. The Labute approximate surface area is 133 Å². The molecular formula is C18H28N2O2. The van der Waals surface area contributed by atoms with E-state index in [9.17, 15) is 9.90 Å². The molecule has 1 aliphatic carbocycles. The number of amides is 2. The number of urea groups is 1.